The number of thioether (sulfide) groups is 1. The third kappa shape index (κ3) is 3.80. The van der Waals surface area contributed by atoms with E-state index in [1.165, 1.54) is 11.8 Å². The van der Waals surface area contributed by atoms with E-state index in [-0.39, 0.29) is 11.2 Å². The fourth-order valence-electron chi connectivity index (χ4n) is 1.52. The van der Waals surface area contributed by atoms with Gasteiger partial charge in [0.15, 0.2) is 5.82 Å². The zero-order valence-corrected chi connectivity index (χ0v) is 12.3. The monoisotopic (exact) mass is 291 g/mol. The average molecular weight is 291 g/mol. The summed E-state index contributed by atoms with van der Waals surface area (Å²) in [7, 11) is 0. The van der Waals surface area contributed by atoms with Crippen LogP contribution in [0.15, 0.2) is 29.6 Å². The Morgan fingerprint density at radius 2 is 2.35 bits per heavy atom. The number of carbonyl (C=O) groups is 1. The Bertz CT molecular complexity index is 557. The Morgan fingerprint density at radius 1 is 1.50 bits per heavy atom. The van der Waals surface area contributed by atoms with Gasteiger partial charge in [-0.25, -0.2) is 0 Å². The van der Waals surface area contributed by atoms with Crippen molar-refractivity contribution in [3.8, 4) is 11.5 Å². The van der Waals surface area contributed by atoms with Crippen LogP contribution >= 0.6 is 11.8 Å². The molecule has 0 aliphatic carbocycles. The Balaban J connectivity index is 1.98. The summed E-state index contributed by atoms with van der Waals surface area (Å²) in [4.78, 5) is 20.3. The van der Waals surface area contributed by atoms with Crippen molar-refractivity contribution in [3.63, 3.8) is 0 Å². The minimum Gasteiger partial charge on any atom is -0.355 e. The first-order valence-corrected chi connectivity index (χ1v) is 7.37. The van der Waals surface area contributed by atoms with E-state index in [9.17, 15) is 4.79 Å². The van der Waals surface area contributed by atoms with E-state index < -0.39 is 0 Å². The van der Waals surface area contributed by atoms with Crippen LogP contribution in [0, 0.1) is 0 Å². The third-order valence-corrected chi connectivity index (χ3v) is 3.53. The second kappa shape index (κ2) is 7.04. The largest absolute Gasteiger partial charge is 0.355 e. The quantitative estimate of drug-likeness (QED) is 0.794. The van der Waals surface area contributed by atoms with Crippen molar-refractivity contribution >= 4 is 17.7 Å². The molecule has 0 spiro atoms. The van der Waals surface area contributed by atoms with Gasteiger partial charge in [0, 0.05) is 12.7 Å². The lowest BCUT2D eigenvalue weighted by Crippen LogP contribution is -2.31. The normalized spacial score (nSPS) is 12.1. The fourth-order valence-corrected chi connectivity index (χ4v) is 2.27. The predicted molar refractivity (Wildman–Crippen MR) is 78.2 cm³/mol. The van der Waals surface area contributed by atoms with Crippen molar-refractivity contribution in [2.45, 2.75) is 30.7 Å². The molecule has 2 aromatic rings. The Hall–Kier alpha value is -1.89. The van der Waals surface area contributed by atoms with Crippen molar-refractivity contribution in [1.29, 1.82) is 0 Å². The van der Waals surface area contributed by atoms with Gasteiger partial charge in [-0.05, 0) is 25.5 Å². The number of rotatable bonds is 6. The summed E-state index contributed by atoms with van der Waals surface area (Å²) in [5.74, 6) is 0.607. The molecular weight excluding hydrogens is 274 g/mol. The van der Waals surface area contributed by atoms with Crippen molar-refractivity contribution in [2.24, 2.45) is 0 Å². The molecule has 2 rings (SSSR count). The molecule has 0 unspecified atom stereocenters. The average Bonchev–Trinajstić information content (AvgIpc) is 2.94. The number of nitrogens with zero attached hydrogens (tertiary/aromatic N) is 3. The van der Waals surface area contributed by atoms with Crippen molar-refractivity contribution in [2.75, 3.05) is 6.54 Å². The first-order valence-electron chi connectivity index (χ1n) is 6.49. The van der Waals surface area contributed by atoms with E-state index in [1.807, 2.05) is 32.0 Å². The molecule has 2 heterocycles. The number of hydrogen-bond donors (Lipinski definition) is 2. The van der Waals surface area contributed by atoms with Crippen molar-refractivity contribution in [3.05, 3.63) is 24.4 Å². The summed E-state index contributed by atoms with van der Waals surface area (Å²) in [6.45, 7) is 4.55. The summed E-state index contributed by atoms with van der Waals surface area (Å²) in [6, 6.07) is 5.58. The van der Waals surface area contributed by atoms with E-state index in [1.54, 1.807) is 6.20 Å². The van der Waals surface area contributed by atoms with Crippen LogP contribution in [0.1, 0.15) is 20.3 Å². The van der Waals surface area contributed by atoms with Gasteiger partial charge >= 0.3 is 0 Å². The highest BCUT2D eigenvalue weighted by Crippen LogP contribution is 2.21. The molecule has 0 aromatic carbocycles. The highest BCUT2D eigenvalue weighted by Gasteiger charge is 2.16. The summed E-state index contributed by atoms with van der Waals surface area (Å²) in [6.07, 6.45) is 2.62. The van der Waals surface area contributed by atoms with Gasteiger partial charge in [-0.2, -0.15) is 4.98 Å². The molecule has 0 aliphatic rings. The lowest BCUT2D eigenvalue weighted by molar-refractivity contribution is -0.120. The number of hydrogen-bond acceptors (Lipinski definition) is 5. The van der Waals surface area contributed by atoms with Gasteiger partial charge in [0.1, 0.15) is 5.69 Å². The minimum absolute atomic E-state index is 0.000959. The van der Waals surface area contributed by atoms with Gasteiger partial charge in [0.25, 0.3) is 0 Å². The molecule has 0 saturated carbocycles. The molecule has 6 nitrogen and oxygen atoms in total. The van der Waals surface area contributed by atoms with Crippen molar-refractivity contribution < 1.29 is 4.79 Å². The number of carbonyl (C=O) groups excluding carboxylic acids is 1. The molecule has 106 valence electrons. The SMILES string of the molecule is CCCNC(=O)[C@@H](C)Sc1n[nH]c(-c2ccccn2)n1. The van der Waals surface area contributed by atoms with E-state index in [0.717, 1.165) is 12.1 Å². The number of H-pyrrole nitrogens is 1. The second-order valence-electron chi connectivity index (χ2n) is 4.23. The summed E-state index contributed by atoms with van der Waals surface area (Å²) in [5, 5.41) is 10.1. The number of nitrogens with one attached hydrogen (secondary N) is 2. The molecule has 2 aromatic heterocycles. The molecule has 0 bridgehead atoms. The van der Waals surface area contributed by atoms with E-state index >= 15 is 0 Å². The van der Waals surface area contributed by atoms with Crippen LogP contribution in [-0.4, -0.2) is 37.9 Å². The maximum absolute atomic E-state index is 11.8. The summed E-state index contributed by atoms with van der Waals surface area (Å²) < 4.78 is 0. The van der Waals surface area contributed by atoms with Gasteiger partial charge < -0.3 is 5.32 Å². The Kier molecular flexibility index (Phi) is 5.11. The van der Waals surface area contributed by atoms with Gasteiger partial charge in [-0.15, -0.1) is 5.10 Å². The molecule has 2 N–H and O–H groups in total. The molecule has 20 heavy (non-hydrogen) atoms. The highest BCUT2D eigenvalue weighted by molar-refractivity contribution is 8.00. The first-order chi connectivity index (χ1) is 9.70. The Morgan fingerprint density at radius 3 is 3.05 bits per heavy atom. The molecule has 0 radical (unpaired) electrons. The van der Waals surface area contributed by atoms with Crippen LogP contribution in [-0.2, 0) is 4.79 Å². The lowest BCUT2D eigenvalue weighted by atomic mass is 10.3. The number of amides is 1. The number of aromatic nitrogens is 4. The maximum atomic E-state index is 11.8. The molecule has 1 amide bonds. The standard InChI is InChI=1S/C13H17N5OS/c1-3-7-15-12(19)9(2)20-13-16-11(17-18-13)10-6-4-5-8-14-10/h4-6,8-9H,3,7H2,1-2H3,(H,15,19)(H,16,17,18)/t9-/m1/s1. The van der Waals surface area contributed by atoms with Gasteiger partial charge in [-0.1, -0.05) is 24.8 Å². The van der Waals surface area contributed by atoms with Crippen LogP contribution in [0.3, 0.4) is 0 Å². The maximum Gasteiger partial charge on any atom is 0.233 e. The van der Waals surface area contributed by atoms with Crippen LogP contribution < -0.4 is 5.32 Å². The van der Waals surface area contributed by atoms with Crippen LogP contribution in [0.25, 0.3) is 11.5 Å². The van der Waals surface area contributed by atoms with Gasteiger partial charge in [0.05, 0.1) is 5.25 Å². The molecule has 0 fully saturated rings. The molecule has 0 saturated heterocycles. The molecule has 1 atom stereocenters. The smallest absolute Gasteiger partial charge is 0.233 e. The first kappa shape index (κ1) is 14.5. The number of pyridine rings is 1. The van der Waals surface area contributed by atoms with Crippen LogP contribution in [0.2, 0.25) is 0 Å². The summed E-state index contributed by atoms with van der Waals surface area (Å²) >= 11 is 1.32. The van der Waals surface area contributed by atoms with E-state index in [4.69, 9.17) is 0 Å². The van der Waals surface area contributed by atoms with E-state index in [0.29, 0.717) is 17.5 Å². The third-order valence-electron chi connectivity index (χ3n) is 2.57. The lowest BCUT2D eigenvalue weighted by Gasteiger charge is -2.08. The Labute approximate surface area is 121 Å². The highest BCUT2D eigenvalue weighted by atomic mass is 32.2. The predicted octanol–water partition coefficient (Wildman–Crippen LogP) is 1.87. The topological polar surface area (TPSA) is 83.6 Å². The zero-order valence-electron chi connectivity index (χ0n) is 11.5. The fraction of sp³-hybridized carbons (Fsp3) is 0.385. The molecular formula is C13H17N5OS. The minimum atomic E-state index is -0.228. The summed E-state index contributed by atoms with van der Waals surface area (Å²) in [5.41, 5.74) is 0.731. The molecule has 7 heteroatoms. The van der Waals surface area contributed by atoms with Crippen LogP contribution in [0.5, 0.6) is 0 Å². The molecule has 0 aliphatic heterocycles. The second-order valence-corrected chi connectivity index (χ2v) is 5.54. The van der Waals surface area contributed by atoms with Crippen molar-refractivity contribution in [1.82, 2.24) is 25.5 Å². The van der Waals surface area contributed by atoms with Crippen LogP contribution in [0.4, 0.5) is 0 Å². The van der Waals surface area contributed by atoms with Gasteiger partial charge in [-0.3, -0.25) is 14.9 Å². The van der Waals surface area contributed by atoms with E-state index in [2.05, 4.69) is 25.5 Å². The van der Waals surface area contributed by atoms with Gasteiger partial charge in [0.2, 0.25) is 11.1 Å². The number of aromatic amines is 1. The zero-order chi connectivity index (χ0) is 14.4.